The van der Waals surface area contributed by atoms with E-state index in [2.05, 4.69) is 10.4 Å². The monoisotopic (exact) mass is 307 g/mol. The van der Waals surface area contributed by atoms with Crippen molar-refractivity contribution in [3.8, 4) is 0 Å². The normalized spacial score (nSPS) is 18.4. The fraction of sp³-hybridized carbons (Fsp3) is 0.667. The Morgan fingerprint density at radius 2 is 2.32 bits per heavy atom. The molecule has 0 aromatic carbocycles. The minimum Gasteiger partial charge on any atom is -0.368 e. The van der Waals surface area contributed by atoms with E-state index >= 15 is 0 Å². The van der Waals surface area contributed by atoms with Gasteiger partial charge in [0.1, 0.15) is 5.69 Å². The number of hydrogen-bond acceptors (Lipinski definition) is 4. The molecule has 2 rings (SSSR count). The Bertz CT molecular complexity index is 520. The molecule has 1 unspecified atom stereocenters. The molecule has 0 aliphatic carbocycles. The van der Waals surface area contributed by atoms with E-state index in [4.69, 9.17) is 5.73 Å². The first-order valence-corrected chi connectivity index (χ1v) is 7.81. The van der Waals surface area contributed by atoms with Gasteiger partial charge in [0.25, 0.3) is 5.91 Å². The molecule has 1 atom stereocenters. The number of hydrogen-bond donors (Lipinski definition) is 2. The molecule has 0 radical (unpaired) electrons. The topological polar surface area (TPSA) is 93.2 Å². The number of rotatable bonds is 6. The number of carbonyl (C=O) groups is 2. The van der Waals surface area contributed by atoms with Crippen LogP contribution in [0.4, 0.5) is 0 Å². The highest BCUT2D eigenvalue weighted by molar-refractivity contribution is 5.94. The Labute approximate surface area is 130 Å². The number of carbonyl (C=O) groups excluding carboxylic acids is 2. The van der Waals surface area contributed by atoms with Crippen molar-refractivity contribution < 1.29 is 9.59 Å². The number of nitrogens with two attached hydrogens (primary N) is 1. The minimum atomic E-state index is -0.509. The van der Waals surface area contributed by atoms with Crippen molar-refractivity contribution in [1.29, 1.82) is 0 Å². The quantitative estimate of drug-likeness (QED) is 0.795. The first-order chi connectivity index (χ1) is 10.5. The van der Waals surface area contributed by atoms with Gasteiger partial charge in [0.15, 0.2) is 0 Å². The average molecular weight is 307 g/mol. The van der Waals surface area contributed by atoms with Gasteiger partial charge in [-0.3, -0.25) is 14.3 Å². The molecule has 2 amide bonds. The van der Waals surface area contributed by atoms with Crippen LogP contribution in [-0.2, 0) is 4.79 Å². The highest BCUT2D eigenvalue weighted by atomic mass is 16.2. The van der Waals surface area contributed by atoms with Gasteiger partial charge in [0, 0.05) is 19.3 Å². The molecule has 122 valence electrons. The molecule has 1 aliphatic rings. The Kier molecular flexibility index (Phi) is 5.54. The van der Waals surface area contributed by atoms with E-state index in [0.29, 0.717) is 12.2 Å². The third-order valence-corrected chi connectivity index (χ3v) is 3.69. The summed E-state index contributed by atoms with van der Waals surface area (Å²) < 4.78 is 1.84. The predicted octanol–water partition coefficient (Wildman–Crippen LogP) is 0.391. The van der Waals surface area contributed by atoms with Crippen molar-refractivity contribution in [3.05, 3.63) is 18.0 Å². The maximum Gasteiger partial charge on any atom is 0.274 e. The smallest absolute Gasteiger partial charge is 0.274 e. The number of nitrogens with one attached hydrogen (secondary N) is 1. The molecule has 0 spiro atoms. The molecular formula is C15H25N5O2. The highest BCUT2D eigenvalue weighted by Crippen LogP contribution is 2.16. The summed E-state index contributed by atoms with van der Waals surface area (Å²) in [5.74, 6) is -0.493. The second kappa shape index (κ2) is 7.40. The number of primary amides is 1. The lowest BCUT2D eigenvalue weighted by molar-refractivity contribution is -0.118. The maximum atomic E-state index is 12.5. The van der Waals surface area contributed by atoms with Crippen LogP contribution in [-0.4, -0.2) is 52.7 Å². The fourth-order valence-corrected chi connectivity index (χ4v) is 2.72. The van der Waals surface area contributed by atoms with Crippen LogP contribution in [0, 0.1) is 5.92 Å². The molecule has 7 heteroatoms. The molecule has 1 aromatic rings. The Morgan fingerprint density at radius 1 is 1.55 bits per heavy atom. The summed E-state index contributed by atoms with van der Waals surface area (Å²) in [6.07, 6.45) is 4.00. The van der Waals surface area contributed by atoms with E-state index in [1.54, 1.807) is 6.07 Å². The zero-order chi connectivity index (χ0) is 16.1. The van der Waals surface area contributed by atoms with Crippen LogP contribution in [0.3, 0.4) is 0 Å². The molecule has 7 nitrogen and oxygen atoms in total. The van der Waals surface area contributed by atoms with E-state index in [1.165, 1.54) is 4.90 Å². The summed E-state index contributed by atoms with van der Waals surface area (Å²) in [7, 11) is 0. The second-order valence-electron chi connectivity index (χ2n) is 6.23. The molecule has 1 fully saturated rings. The van der Waals surface area contributed by atoms with Gasteiger partial charge in [-0.2, -0.15) is 5.10 Å². The van der Waals surface area contributed by atoms with Gasteiger partial charge in [-0.1, -0.05) is 13.8 Å². The predicted molar refractivity (Wildman–Crippen MR) is 83.3 cm³/mol. The Morgan fingerprint density at radius 3 is 2.91 bits per heavy atom. The summed E-state index contributed by atoms with van der Waals surface area (Å²) in [5.41, 5.74) is 5.61. The first-order valence-electron chi connectivity index (χ1n) is 7.81. The fourth-order valence-electron chi connectivity index (χ4n) is 2.72. The minimum absolute atomic E-state index is 0.0745. The summed E-state index contributed by atoms with van der Waals surface area (Å²) in [5, 5.41) is 7.73. The maximum absolute atomic E-state index is 12.5. The largest absolute Gasteiger partial charge is 0.368 e. The van der Waals surface area contributed by atoms with E-state index in [-0.39, 0.29) is 24.4 Å². The average Bonchev–Trinajstić information content (AvgIpc) is 2.95. The molecule has 0 saturated carbocycles. The zero-order valence-electron chi connectivity index (χ0n) is 13.3. The summed E-state index contributed by atoms with van der Waals surface area (Å²) in [6, 6.07) is 2.00. The van der Waals surface area contributed by atoms with Crippen molar-refractivity contribution in [2.45, 2.75) is 32.7 Å². The SMILES string of the molecule is CC(C)CN(CC(N)=O)C(=O)c1ccn(C2CCCNC2)n1. The summed E-state index contributed by atoms with van der Waals surface area (Å²) in [4.78, 5) is 25.2. The van der Waals surface area contributed by atoms with Crippen LogP contribution < -0.4 is 11.1 Å². The van der Waals surface area contributed by atoms with Crippen LogP contribution in [0.1, 0.15) is 43.2 Å². The summed E-state index contributed by atoms with van der Waals surface area (Å²) in [6.45, 7) is 6.30. The summed E-state index contributed by atoms with van der Waals surface area (Å²) >= 11 is 0. The Balaban J connectivity index is 2.09. The number of piperidine rings is 1. The number of nitrogens with zero attached hydrogens (tertiary/aromatic N) is 3. The lowest BCUT2D eigenvalue weighted by atomic mass is 10.1. The van der Waals surface area contributed by atoms with Crippen molar-refractivity contribution in [1.82, 2.24) is 20.0 Å². The van der Waals surface area contributed by atoms with Gasteiger partial charge in [-0.05, 0) is 31.4 Å². The van der Waals surface area contributed by atoms with Gasteiger partial charge < -0.3 is 16.0 Å². The molecule has 1 saturated heterocycles. The van der Waals surface area contributed by atoms with Crippen LogP contribution in [0.15, 0.2) is 12.3 Å². The lowest BCUT2D eigenvalue weighted by Crippen LogP contribution is -2.40. The van der Waals surface area contributed by atoms with Gasteiger partial charge in [-0.25, -0.2) is 0 Å². The van der Waals surface area contributed by atoms with Gasteiger partial charge in [0.05, 0.1) is 12.6 Å². The highest BCUT2D eigenvalue weighted by Gasteiger charge is 2.22. The van der Waals surface area contributed by atoms with E-state index in [0.717, 1.165) is 25.9 Å². The van der Waals surface area contributed by atoms with E-state index in [1.807, 2.05) is 24.7 Å². The second-order valence-corrected chi connectivity index (χ2v) is 6.23. The van der Waals surface area contributed by atoms with E-state index in [9.17, 15) is 9.59 Å². The molecule has 0 bridgehead atoms. The molecule has 3 N–H and O–H groups in total. The van der Waals surface area contributed by atoms with Crippen molar-refractivity contribution in [2.24, 2.45) is 11.7 Å². The third kappa shape index (κ3) is 4.30. The van der Waals surface area contributed by atoms with Gasteiger partial charge in [0.2, 0.25) is 5.91 Å². The molecule has 2 heterocycles. The Hall–Kier alpha value is -1.89. The first kappa shape index (κ1) is 16.5. The third-order valence-electron chi connectivity index (χ3n) is 3.69. The van der Waals surface area contributed by atoms with Crippen molar-refractivity contribution in [2.75, 3.05) is 26.2 Å². The van der Waals surface area contributed by atoms with Crippen LogP contribution in [0.5, 0.6) is 0 Å². The van der Waals surface area contributed by atoms with Crippen molar-refractivity contribution >= 4 is 11.8 Å². The standard InChI is InChI=1S/C15H25N5O2/c1-11(2)9-19(10-14(16)21)15(22)13-5-7-20(18-13)12-4-3-6-17-8-12/h5,7,11-12,17H,3-4,6,8-10H2,1-2H3,(H2,16,21). The zero-order valence-corrected chi connectivity index (χ0v) is 13.3. The number of amides is 2. The number of aromatic nitrogens is 2. The molecule has 22 heavy (non-hydrogen) atoms. The molecule has 1 aromatic heterocycles. The van der Waals surface area contributed by atoms with Gasteiger partial charge >= 0.3 is 0 Å². The van der Waals surface area contributed by atoms with Crippen LogP contribution >= 0.6 is 0 Å². The van der Waals surface area contributed by atoms with Crippen molar-refractivity contribution in [3.63, 3.8) is 0 Å². The molecule has 1 aliphatic heterocycles. The van der Waals surface area contributed by atoms with E-state index < -0.39 is 5.91 Å². The molecular weight excluding hydrogens is 282 g/mol. The van der Waals surface area contributed by atoms with Crippen LogP contribution in [0.25, 0.3) is 0 Å². The van der Waals surface area contributed by atoms with Gasteiger partial charge in [-0.15, -0.1) is 0 Å². The lowest BCUT2D eigenvalue weighted by Gasteiger charge is -2.23. The van der Waals surface area contributed by atoms with Crippen LogP contribution in [0.2, 0.25) is 0 Å².